The Kier molecular flexibility index (Phi) is 3.28. The summed E-state index contributed by atoms with van der Waals surface area (Å²) in [5.41, 5.74) is 0. The molecule has 0 aromatic heterocycles. The lowest BCUT2D eigenvalue weighted by molar-refractivity contribution is 0.207. The highest BCUT2D eigenvalue weighted by Gasteiger charge is 2.10. The summed E-state index contributed by atoms with van der Waals surface area (Å²) in [5.74, 6) is 5.90. The summed E-state index contributed by atoms with van der Waals surface area (Å²) < 4.78 is 0. The Bertz CT molecular complexity index is 141. The van der Waals surface area contributed by atoms with Crippen molar-refractivity contribution < 1.29 is 5.11 Å². The van der Waals surface area contributed by atoms with Gasteiger partial charge in [-0.15, -0.1) is 0 Å². The molecule has 2 nitrogen and oxygen atoms in total. The van der Waals surface area contributed by atoms with Crippen molar-refractivity contribution in [1.29, 1.82) is 0 Å². The Labute approximate surface area is 61.8 Å². The van der Waals surface area contributed by atoms with Crippen molar-refractivity contribution in [1.82, 2.24) is 4.90 Å². The van der Waals surface area contributed by atoms with Crippen LogP contribution >= 0.6 is 0 Å². The minimum Gasteiger partial charge on any atom is -0.395 e. The number of rotatable bonds is 2. The van der Waals surface area contributed by atoms with Crippen molar-refractivity contribution in [3.8, 4) is 11.8 Å². The third-order valence-electron chi connectivity index (χ3n) is 1.61. The highest BCUT2D eigenvalue weighted by molar-refractivity contribution is 5.01. The van der Waals surface area contributed by atoms with Gasteiger partial charge >= 0.3 is 0 Å². The van der Waals surface area contributed by atoms with Gasteiger partial charge in [-0.25, -0.2) is 0 Å². The first kappa shape index (κ1) is 7.59. The Morgan fingerprint density at radius 3 is 2.60 bits per heavy atom. The van der Waals surface area contributed by atoms with Crippen LogP contribution in [0.4, 0.5) is 0 Å². The lowest BCUT2D eigenvalue weighted by atomic mass is 10.2. The van der Waals surface area contributed by atoms with Crippen molar-refractivity contribution in [2.45, 2.75) is 12.8 Å². The molecule has 1 aliphatic rings. The topological polar surface area (TPSA) is 23.5 Å². The van der Waals surface area contributed by atoms with E-state index in [1.54, 1.807) is 0 Å². The average molecular weight is 139 g/mol. The van der Waals surface area contributed by atoms with Gasteiger partial charge in [0.25, 0.3) is 0 Å². The van der Waals surface area contributed by atoms with Crippen molar-refractivity contribution in [3.05, 3.63) is 0 Å². The monoisotopic (exact) mass is 139 g/mol. The first-order valence-corrected chi connectivity index (χ1v) is 3.72. The molecule has 1 aliphatic heterocycles. The molecule has 10 heavy (non-hydrogen) atoms. The van der Waals surface area contributed by atoms with Gasteiger partial charge in [0.15, 0.2) is 0 Å². The van der Waals surface area contributed by atoms with Crippen LogP contribution in [-0.4, -0.2) is 36.2 Å². The molecule has 56 valence electrons. The van der Waals surface area contributed by atoms with Crippen LogP contribution in [0.5, 0.6) is 0 Å². The van der Waals surface area contributed by atoms with Crippen LogP contribution in [0, 0.1) is 11.8 Å². The van der Waals surface area contributed by atoms with E-state index in [0.717, 1.165) is 6.54 Å². The molecule has 1 heterocycles. The Balaban J connectivity index is 1.98. The first-order valence-electron chi connectivity index (χ1n) is 3.72. The molecule has 1 N–H and O–H groups in total. The molecule has 1 rings (SSSR count). The molecule has 1 saturated heterocycles. The van der Waals surface area contributed by atoms with Crippen LogP contribution in [-0.2, 0) is 0 Å². The summed E-state index contributed by atoms with van der Waals surface area (Å²) in [7, 11) is 0. The van der Waals surface area contributed by atoms with E-state index in [-0.39, 0.29) is 6.61 Å². The Morgan fingerprint density at radius 2 is 2.10 bits per heavy atom. The number of aliphatic hydroxyl groups is 1. The van der Waals surface area contributed by atoms with Gasteiger partial charge in [-0.05, 0) is 6.42 Å². The average Bonchev–Trinajstić information content (AvgIpc) is 1.84. The van der Waals surface area contributed by atoms with E-state index in [1.165, 1.54) is 19.5 Å². The van der Waals surface area contributed by atoms with Crippen molar-refractivity contribution in [3.63, 3.8) is 0 Å². The van der Waals surface area contributed by atoms with E-state index in [1.807, 2.05) is 0 Å². The van der Waals surface area contributed by atoms with Gasteiger partial charge < -0.3 is 5.11 Å². The Morgan fingerprint density at radius 1 is 1.30 bits per heavy atom. The summed E-state index contributed by atoms with van der Waals surface area (Å²) in [5, 5.41) is 8.39. The molecule has 2 heteroatoms. The van der Waals surface area contributed by atoms with E-state index in [9.17, 15) is 0 Å². The molecule has 0 spiro atoms. The second-order valence-corrected chi connectivity index (χ2v) is 2.46. The molecular formula is C8H13NO. The number of hydrogen-bond donors (Lipinski definition) is 1. The van der Waals surface area contributed by atoms with Crippen LogP contribution in [0.25, 0.3) is 0 Å². The van der Waals surface area contributed by atoms with Crippen LogP contribution < -0.4 is 0 Å². The van der Waals surface area contributed by atoms with E-state index in [0.29, 0.717) is 6.42 Å². The normalized spacial score (nSPS) is 17.3. The molecule has 0 saturated carbocycles. The van der Waals surface area contributed by atoms with Gasteiger partial charge in [-0.3, -0.25) is 4.90 Å². The second-order valence-electron chi connectivity index (χ2n) is 2.46. The molecule has 0 unspecified atom stereocenters. The molecule has 0 aliphatic carbocycles. The number of nitrogens with zero attached hydrogens (tertiary/aromatic N) is 1. The minimum atomic E-state index is 0.188. The smallest absolute Gasteiger partial charge is 0.0601 e. The largest absolute Gasteiger partial charge is 0.395 e. The third-order valence-corrected chi connectivity index (χ3v) is 1.61. The lowest BCUT2D eigenvalue weighted by Crippen LogP contribution is -2.37. The molecule has 0 aromatic carbocycles. The summed E-state index contributed by atoms with van der Waals surface area (Å²) >= 11 is 0. The predicted molar refractivity (Wildman–Crippen MR) is 40.5 cm³/mol. The van der Waals surface area contributed by atoms with Gasteiger partial charge in [0.2, 0.25) is 0 Å². The quantitative estimate of drug-likeness (QED) is 0.548. The maximum atomic E-state index is 8.39. The zero-order valence-corrected chi connectivity index (χ0v) is 6.14. The van der Waals surface area contributed by atoms with Crippen molar-refractivity contribution >= 4 is 0 Å². The van der Waals surface area contributed by atoms with Crippen molar-refractivity contribution in [2.24, 2.45) is 0 Å². The number of aliphatic hydroxyl groups excluding tert-OH is 1. The van der Waals surface area contributed by atoms with Crippen LogP contribution in [0.15, 0.2) is 0 Å². The molecule has 0 atom stereocenters. The highest BCUT2D eigenvalue weighted by atomic mass is 16.2. The summed E-state index contributed by atoms with van der Waals surface area (Å²) in [4.78, 5) is 2.30. The van der Waals surface area contributed by atoms with E-state index in [4.69, 9.17) is 5.11 Å². The molecule has 0 radical (unpaired) electrons. The van der Waals surface area contributed by atoms with Crippen molar-refractivity contribution in [2.75, 3.05) is 26.2 Å². The number of likely N-dealkylation sites (tertiary alicyclic amines) is 1. The fourth-order valence-electron chi connectivity index (χ4n) is 0.852. The summed E-state index contributed by atoms with van der Waals surface area (Å²) in [6.07, 6.45) is 1.94. The third kappa shape index (κ3) is 2.38. The Hall–Kier alpha value is -0.520. The number of hydrogen-bond acceptors (Lipinski definition) is 2. The predicted octanol–water partition coefficient (Wildman–Crippen LogP) is 0.0779. The highest BCUT2D eigenvalue weighted by Crippen LogP contribution is 2.02. The van der Waals surface area contributed by atoms with E-state index >= 15 is 0 Å². The molecule has 0 amide bonds. The minimum absolute atomic E-state index is 0.188. The van der Waals surface area contributed by atoms with Gasteiger partial charge in [0.05, 0.1) is 13.2 Å². The van der Waals surface area contributed by atoms with Gasteiger partial charge in [0.1, 0.15) is 0 Å². The zero-order valence-electron chi connectivity index (χ0n) is 6.14. The van der Waals surface area contributed by atoms with Crippen LogP contribution in [0.2, 0.25) is 0 Å². The lowest BCUT2D eigenvalue weighted by Gasteiger charge is -2.28. The molecule has 1 fully saturated rings. The first-order chi connectivity index (χ1) is 4.93. The van der Waals surface area contributed by atoms with Crippen LogP contribution in [0.1, 0.15) is 12.8 Å². The second kappa shape index (κ2) is 4.32. The van der Waals surface area contributed by atoms with Crippen LogP contribution in [0.3, 0.4) is 0 Å². The van der Waals surface area contributed by atoms with E-state index < -0.39 is 0 Å². The maximum absolute atomic E-state index is 8.39. The molecule has 0 bridgehead atoms. The standard InChI is InChI=1S/C8H13NO/c10-8-3-1-2-5-9-6-4-7-9/h10H,3-8H2. The van der Waals surface area contributed by atoms with Gasteiger partial charge in [0, 0.05) is 19.5 Å². The fourth-order valence-corrected chi connectivity index (χ4v) is 0.852. The zero-order chi connectivity index (χ0) is 7.23. The fraction of sp³-hybridized carbons (Fsp3) is 0.750. The summed E-state index contributed by atoms with van der Waals surface area (Å²) in [6, 6.07) is 0. The van der Waals surface area contributed by atoms with Gasteiger partial charge in [-0.1, -0.05) is 11.8 Å². The van der Waals surface area contributed by atoms with Gasteiger partial charge in [-0.2, -0.15) is 0 Å². The SMILES string of the molecule is OCCC#CCN1CCC1. The van der Waals surface area contributed by atoms with E-state index in [2.05, 4.69) is 16.7 Å². The molecular weight excluding hydrogens is 126 g/mol. The summed E-state index contributed by atoms with van der Waals surface area (Å²) in [6.45, 7) is 3.48. The molecule has 0 aromatic rings. The maximum Gasteiger partial charge on any atom is 0.0601 e.